The van der Waals surface area contributed by atoms with Crippen molar-refractivity contribution in [3.63, 3.8) is 0 Å². The molecule has 4 rings (SSSR count). The monoisotopic (exact) mass is 326 g/mol. The molecule has 0 bridgehead atoms. The van der Waals surface area contributed by atoms with Gasteiger partial charge < -0.3 is 15.0 Å². The van der Waals surface area contributed by atoms with Gasteiger partial charge in [-0.15, -0.1) is 0 Å². The van der Waals surface area contributed by atoms with Gasteiger partial charge in [-0.3, -0.25) is 4.79 Å². The van der Waals surface area contributed by atoms with Crippen molar-refractivity contribution in [3.8, 4) is 5.75 Å². The summed E-state index contributed by atoms with van der Waals surface area (Å²) < 4.78 is 7.64. The first-order valence-electron chi connectivity index (χ1n) is 8.58. The van der Waals surface area contributed by atoms with E-state index in [9.17, 15) is 4.79 Å². The first kappa shape index (κ1) is 15.2. The van der Waals surface area contributed by atoms with Gasteiger partial charge in [0.25, 0.3) is 5.56 Å². The fourth-order valence-corrected chi connectivity index (χ4v) is 3.72. The van der Waals surface area contributed by atoms with Crippen LogP contribution in [0.4, 0.5) is 0 Å². The third-order valence-corrected chi connectivity index (χ3v) is 4.77. The van der Waals surface area contributed by atoms with Crippen molar-refractivity contribution in [2.24, 2.45) is 0 Å². The molecule has 1 aliphatic rings. The number of aromatic amines is 1. The van der Waals surface area contributed by atoms with Crippen LogP contribution in [-0.4, -0.2) is 33.8 Å². The number of aromatic nitrogens is 3. The SMILES string of the molecule is CCOc1cccc2nn3c([C@@H]4CCN[C@@H](C)C4)cc(=O)[nH]c3c12. The number of hydrogen-bond donors (Lipinski definition) is 2. The number of ether oxygens (including phenoxy) is 1. The van der Waals surface area contributed by atoms with Crippen molar-refractivity contribution < 1.29 is 4.74 Å². The maximum atomic E-state index is 12.3. The van der Waals surface area contributed by atoms with Gasteiger partial charge in [-0.1, -0.05) is 6.07 Å². The van der Waals surface area contributed by atoms with Crippen LogP contribution in [0.5, 0.6) is 5.75 Å². The van der Waals surface area contributed by atoms with Crippen molar-refractivity contribution in [3.05, 3.63) is 40.3 Å². The molecule has 2 atom stereocenters. The van der Waals surface area contributed by atoms with Gasteiger partial charge in [0.15, 0.2) is 0 Å². The average molecular weight is 326 g/mol. The van der Waals surface area contributed by atoms with Crippen LogP contribution in [0.2, 0.25) is 0 Å². The maximum absolute atomic E-state index is 12.3. The highest BCUT2D eigenvalue weighted by Gasteiger charge is 2.24. The predicted molar refractivity (Wildman–Crippen MR) is 93.9 cm³/mol. The average Bonchev–Trinajstić information content (AvgIpc) is 2.94. The van der Waals surface area contributed by atoms with Crippen molar-refractivity contribution in [1.29, 1.82) is 0 Å². The van der Waals surface area contributed by atoms with Gasteiger partial charge in [0, 0.05) is 18.0 Å². The lowest BCUT2D eigenvalue weighted by Crippen LogP contribution is -2.35. The Bertz CT molecular complexity index is 943. The molecule has 0 unspecified atom stereocenters. The van der Waals surface area contributed by atoms with Crippen LogP contribution >= 0.6 is 0 Å². The van der Waals surface area contributed by atoms with Gasteiger partial charge in [0.05, 0.1) is 23.2 Å². The Morgan fingerprint density at radius 3 is 3.08 bits per heavy atom. The van der Waals surface area contributed by atoms with Crippen molar-refractivity contribution in [1.82, 2.24) is 19.9 Å². The quantitative estimate of drug-likeness (QED) is 0.775. The number of nitrogens with one attached hydrogen (secondary N) is 2. The zero-order chi connectivity index (χ0) is 16.7. The summed E-state index contributed by atoms with van der Waals surface area (Å²) in [5.74, 6) is 1.09. The van der Waals surface area contributed by atoms with Gasteiger partial charge >= 0.3 is 0 Å². The number of H-pyrrole nitrogens is 1. The van der Waals surface area contributed by atoms with Gasteiger partial charge in [0.2, 0.25) is 0 Å². The number of piperidine rings is 1. The number of fused-ring (bicyclic) bond motifs is 3. The Morgan fingerprint density at radius 1 is 1.42 bits per heavy atom. The minimum absolute atomic E-state index is 0.0863. The minimum atomic E-state index is -0.0863. The Labute approximate surface area is 139 Å². The third kappa shape index (κ3) is 2.47. The topological polar surface area (TPSA) is 71.4 Å². The van der Waals surface area contributed by atoms with E-state index in [1.807, 2.05) is 29.6 Å². The molecule has 0 amide bonds. The number of rotatable bonds is 3. The normalized spacial score (nSPS) is 21.4. The third-order valence-electron chi connectivity index (χ3n) is 4.77. The van der Waals surface area contributed by atoms with E-state index in [1.165, 1.54) is 0 Å². The fourth-order valence-electron chi connectivity index (χ4n) is 3.72. The molecule has 2 aromatic heterocycles. The van der Waals surface area contributed by atoms with Crippen molar-refractivity contribution in [2.75, 3.05) is 13.2 Å². The van der Waals surface area contributed by atoms with E-state index >= 15 is 0 Å². The molecular weight excluding hydrogens is 304 g/mol. The summed E-state index contributed by atoms with van der Waals surface area (Å²) in [7, 11) is 0. The Morgan fingerprint density at radius 2 is 2.29 bits per heavy atom. The molecule has 126 valence electrons. The molecular formula is C18H22N4O2. The summed E-state index contributed by atoms with van der Waals surface area (Å²) in [6.07, 6.45) is 2.02. The second kappa shape index (κ2) is 5.94. The molecule has 24 heavy (non-hydrogen) atoms. The van der Waals surface area contributed by atoms with Crippen molar-refractivity contribution in [2.45, 2.75) is 38.6 Å². The van der Waals surface area contributed by atoms with E-state index in [1.54, 1.807) is 6.07 Å². The number of nitrogens with zero attached hydrogens (tertiary/aromatic N) is 2. The molecule has 6 nitrogen and oxygen atoms in total. The minimum Gasteiger partial charge on any atom is -0.493 e. The molecule has 3 aromatic rings. The molecule has 1 aromatic carbocycles. The van der Waals surface area contributed by atoms with Gasteiger partial charge in [0.1, 0.15) is 11.4 Å². The molecule has 2 N–H and O–H groups in total. The van der Waals surface area contributed by atoms with E-state index < -0.39 is 0 Å². The van der Waals surface area contributed by atoms with Crippen LogP contribution in [0, 0.1) is 0 Å². The molecule has 6 heteroatoms. The molecule has 3 heterocycles. The van der Waals surface area contributed by atoms with Crippen LogP contribution < -0.4 is 15.6 Å². The standard InChI is InChI=1S/C18H22N4O2/c1-3-24-15-6-4-5-13-17(15)18-20-16(23)10-14(22(18)21-13)12-7-8-19-11(2)9-12/h4-6,10-12,19H,3,7-9H2,1-2H3,(H,20,23)/t11-,12+/m0/s1. The molecule has 0 aliphatic carbocycles. The van der Waals surface area contributed by atoms with E-state index in [-0.39, 0.29) is 5.56 Å². The largest absolute Gasteiger partial charge is 0.493 e. The van der Waals surface area contributed by atoms with E-state index in [4.69, 9.17) is 9.84 Å². The summed E-state index contributed by atoms with van der Waals surface area (Å²) in [6, 6.07) is 7.96. The molecule has 1 saturated heterocycles. The molecule has 0 radical (unpaired) electrons. The summed E-state index contributed by atoms with van der Waals surface area (Å²) >= 11 is 0. The van der Waals surface area contributed by atoms with Crippen LogP contribution in [-0.2, 0) is 0 Å². The molecule has 1 fully saturated rings. The van der Waals surface area contributed by atoms with E-state index in [0.29, 0.717) is 18.6 Å². The van der Waals surface area contributed by atoms with Crippen molar-refractivity contribution >= 4 is 16.6 Å². The van der Waals surface area contributed by atoms with Gasteiger partial charge in [-0.05, 0) is 45.4 Å². The lowest BCUT2D eigenvalue weighted by Gasteiger charge is -2.28. The summed E-state index contributed by atoms with van der Waals surface area (Å²) in [6.45, 7) is 5.68. The first-order chi connectivity index (χ1) is 11.7. The highest BCUT2D eigenvalue weighted by molar-refractivity contribution is 5.97. The van der Waals surface area contributed by atoms with Crippen LogP contribution in [0.3, 0.4) is 0 Å². The summed E-state index contributed by atoms with van der Waals surface area (Å²) in [5, 5.41) is 9.08. The second-order valence-electron chi connectivity index (χ2n) is 6.48. The summed E-state index contributed by atoms with van der Waals surface area (Å²) in [5.41, 5.74) is 2.46. The maximum Gasteiger partial charge on any atom is 0.251 e. The van der Waals surface area contributed by atoms with E-state index in [2.05, 4.69) is 17.2 Å². The smallest absolute Gasteiger partial charge is 0.251 e. The van der Waals surface area contributed by atoms with Gasteiger partial charge in [-0.2, -0.15) is 5.10 Å². The highest BCUT2D eigenvalue weighted by atomic mass is 16.5. The Kier molecular flexibility index (Phi) is 3.76. The zero-order valence-corrected chi connectivity index (χ0v) is 14.0. The number of benzene rings is 1. The van der Waals surface area contributed by atoms with Gasteiger partial charge in [-0.25, -0.2) is 4.52 Å². The zero-order valence-electron chi connectivity index (χ0n) is 14.0. The molecule has 1 aliphatic heterocycles. The first-order valence-corrected chi connectivity index (χ1v) is 8.58. The Hall–Kier alpha value is -2.34. The second-order valence-corrected chi connectivity index (χ2v) is 6.48. The summed E-state index contributed by atoms with van der Waals surface area (Å²) in [4.78, 5) is 15.2. The highest BCUT2D eigenvalue weighted by Crippen LogP contribution is 2.32. The van der Waals surface area contributed by atoms with Crippen LogP contribution in [0.15, 0.2) is 29.1 Å². The van der Waals surface area contributed by atoms with E-state index in [0.717, 1.165) is 47.4 Å². The lowest BCUT2D eigenvalue weighted by molar-refractivity contribution is 0.344. The van der Waals surface area contributed by atoms with Crippen LogP contribution in [0.25, 0.3) is 16.6 Å². The van der Waals surface area contributed by atoms with Crippen LogP contribution in [0.1, 0.15) is 38.3 Å². The number of hydrogen-bond acceptors (Lipinski definition) is 4. The fraction of sp³-hybridized carbons (Fsp3) is 0.444. The lowest BCUT2D eigenvalue weighted by atomic mass is 9.90. The molecule has 0 saturated carbocycles. The molecule has 0 spiro atoms. The predicted octanol–water partition coefficient (Wildman–Crippen LogP) is 2.43. The Balaban J connectivity index is 1.97.